The maximum atomic E-state index is 5.99. The summed E-state index contributed by atoms with van der Waals surface area (Å²) in [6, 6.07) is 11.8. The highest BCUT2D eigenvalue weighted by molar-refractivity contribution is 6.30. The summed E-state index contributed by atoms with van der Waals surface area (Å²) in [5.41, 5.74) is 3.06. The number of piperidine rings is 1. The summed E-state index contributed by atoms with van der Waals surface area (Å²) in [6.07, 6.45) is 7.37. The van der Waals surface area contributed by atoms with Gasteiger partial charge in [-0.25, -0.2) is 0 Å². The lowest BCUT2D eigenvalue weighted by molar-refractivity contribution is 0.239. The zero-order chi connectivity index (χ0) is 14.5. The van der Waals surface area contributed by atoms with Gasteiger partial charge in [0.2, 0.25) is 0 Å². The Morgan fingerprint density at radius 3 is 2.43 bits per heavy atom. The van der Waals surface area contributed by atoms with Crippen molar-refractivity contribution >= 4 is 17.3 Å². The van der Waals surface area contributed by atoms with E-state index < -0.39 is 0 Å². The first-order chi connectivity index (χ1) is 10.3. The fourth-order valence-electron chi connectivity index (χ4n) is 2.51. The predicted molar refractivity (Wildman–Crippen MR) is 86.8 cm³/mol. The first-order valence-electron chi connectivity index (χ1n) is 7.33. The maximum Gasteiger partial charge on any atom is 0.0991 e. The number of aromatic nitrogens is 1. The van der Waals surface area contributed by atoms with Crippen molar-refractivity contribution in [3.05, 3.63) is 64.9 Å². The van der Waals surface area contributed by atoms with Crippen LogP contribution in [0.1, 0.15) is 30.4 Å². The minimum absolute atomic E-state index is 0.738. The van der Waals surface area contributed by atoms with Crippen LogP contribution in [0, 0.1) is 0 Å². The lowest BCUT2D eigenvalue weighted by Crippen LogP contribution is -2.26. The third-order valence-electron chi connectivity index (χ3n) is 3.63. The second-order valence-corrected chi connectivity index (χ2v) is 5.65. The number of hydrazone groups is 1. The van der Waals surface area contributed by atoms with E-state index in [9.17, 15) is 0 Å². The molecule has 1 aliphatic rings. The van der Waals surface area contributed by atoms with Crippen molar-refractivity contribution in [2.45, 2.75) is 19.3 Å². The highest BCUT2D eigenvalue weighted by atomic mass is 35.5. The maximum absolute atomic E-state index is 5.99. The Morgan fingerprint density at radius 2 is 1.76 bits per heavy atom. The summed E-state index contributed by atoms with van der Waals surface area (Å²) >= 11 is 5.99. The third kappa shape index (κ3) is 3.61. The van der Waals surface area contributed by atoms with Crippen LogP contribution in [0.4, 0.5) is 0 Å². The van der Waals surface area contributed by atoms with Gasteiger partial charge in [0.05, 0.1) is 5.71 Å². The molecule has 1 aromatic carbocycles. The van der Waals surface area contributed by atoms with E-state index in [1.807, 2.05) is 42.6 Å². The highest BCUT2D eigenvalue weighted by Gasteiger charge is 2.12. The topological polar surface area (TPSA) is 28.5 Å². The minimum Gasteiger partial charge on any atom is -0.296 e. The van der Waals surface area contributed by atoms with Crippen molar-refractivity contribution in [3.63, 3.8) is 0 Å². The summed E-state index contributed by atoms with van der Waals surface area (Å²) in [4.78, 5) is 4.22. The van der Waals surface area contributed by atoms with Gasteiger partial charge in [0, 0.05) is 41.6 Å². The van der Waals surface area contributed by atoms with Crippen molar-refractivity contribution in [2.75, 3.05) is 13.1 Å². The summed E-state index contributed by atoms with van der Waals surface area (Å²) in [6.45, 7) is 2.05. The molecule has 108 valence electrons. The Bertz CT molecular complexity index is 602. The molecule has 1 aromatic heterocycles. The Kier molecular flexibility index (Phi) is 4.51. The van der Waals surface area contributed by atoms with E-state index in [2.05, 4.69) is 9.99 Å². The van der Waals surface area contributed by atoms with Crippen LogP contribution >= 0.6 is 11.6 Å². The van der Waals surface area contributed by atoms with Gasteiger partial charge in [-0.15, -0.1) is 0 Å². The van der Waals surface area contributed by atoms with E-state index >= 15 is 0 Å². The van der Waals surface area contributed by atoms with Gasteiger partial charge in [-0.3, -0.25) is 9.99 Å². The van der Waals surface area contributed by atoms with Crippen LogP contribution in [0.3, 0.4) is 0 Å². The van der Waals surface area contributed by atoms with Gasteiger partial charge in [-0.05, 0) is 43.5 Å². The monoisotopic (exact) mass is 299 g/mol. The molecule has 0 atom stereocenters. The molecule has 2 heterocycles. The van der Waals surface area contributed by atoms with Gasteiger partial charge >= 0.3 is 0 Å². The molecule has 0 N–H and O–H groups in total. The molecular weight excluding hydrogens is 282 g/mol. The standard InChI is InChI=1S/C17H18ClN3/c18-16-8-6-14(7-9-16)17(15-5-4-10-19-13-15)20-21-11-2-1-3-12-21/h4-10,13H,1-3,11-12H2. The average Bonchev–Trinajstić information content (AvgIpc) is 2.55. The lowest BCUT2D eigenvalue weighted by Gasteiger charge is -2.25. The van der Waals surface area contributed by atoms with Gasteiger partial charge in [0.1, 0.15) is 0 Å². The first-order valence-corrected chi connectivity index (χ1v) is 7.70. The normalized spacial score (nSPS) is 16.0. The lowest BCUT2D eigenvalue weighted by atomic mass is 10.0. The summed E-state index contributed by atoms with van der Waals surface area (Å²) < 4.78 is 0. The van der Waals surface area contributed by atoms with Crippen molar-refractivity contribution in [1.29, 1.82) is 0 Å². The van der Waals surface area contributed by atoms with Crippen LogP contribution in [0.25, 0.3) is 0 Å². The van der Waals surface area contributed by atoms with Crippen molar-refractivity contribution < 1.29 is 0 Å². The number of hydrogen-bond acceptors (Lipinski definition) is 3. The van der Waals surface area contributed by atoms with Crippen molar-refractivity contribution in [3.8, 4) is 0 Å². The number of pyridine rings is 1. The van der Waals surface area contributed by atoms with Crippen molar-refractivity contribution in [1.82, 2.24) is 9.99 Å². The molecule has 0 saturated carbocycles. The fraction of sp³-hybridized carbons (Fsp3) is 0.294. The minimum atomic E-state index is 0.738. The molecule has 4 heteroatoms. The Balaban J connectivity index is 1.98. The van der Waals surface area contributed by atoms with Crippen LogP contribution in [0.15, 0.2) is 53.9 Å². The molecule has 0 spiro atoms. The summed E-state index contributed by atoms with van der Waals surface area (Å²) in [5, 5.41) is 7.78. The van der Waals surface area contributed by atoms with Crippen LogP contribution in [0.5, 0.6) is 0 Å². The quantitative estimate of drug-likeness (QED) is 0.802. The average molecular weight is 300 g/mol. The van der Waals surface area contributed by atoms with Crippen LogP contribution in [0.2, 0.25) is 5.02 Å². The molecule has 1 aliphatic heterocycles. The second kappa shape index (κ2) is 6.72. The number of benzene rings is 1. The summed E-state index contributed by atoms with van der Waals surface area (Å²) in [7, 11) is 0. The van der Waals surface area contributed by atoms with E-state index in [0.717, 1.165) is 35.0 Å². The molecule has 1 fully saturated rings. The van der Waals surface area contributed by atoms with E-state index in [0.29, 0.717) is 0 Å². The highest BCUT2D eigenvalue weighted by Crippen LogP contribution is 2.17. The number of halogens is 1. The van der Waals surface area contributed by atoms with Crippen LogP contribution in [-0.2, 0) is 0 Å². The molecule has 2 aromatic rings. The van der Waals surface area contributed by atoms with Crippen LogP contribution in [-0.4, -0.2) is 28.8 Å². The van der Waals surface area contributed by atoms with Gasteiger partial charge in [-0.1, -0.05) is 23.7 Å². The van der Waals surface area contributed by atoms with Gasteiger partial charge in [-0.2, -0.15) is 5.10 Å². The zero-order valence-corrected chi connectivity index (χ0v) is 12.6. The van der Waals surface area contributed by atoms with Crippen LogP contribution < -0.4 is 0 Å². The molecule has 0 radical (unpaired) electrons. The molecule has 0 bridgehead atoms. The number of hydrogen-bond donors (Lipinski definition) is 0. The largest absolute Gasteiger partial charge is 0.296 e. The van der Waals surface area contributed by atoms with Crippen molar-refractivity contribution in [2.24, 2.45) is 5.10 Å². The summed E-state index contributed by atoms with van der Waals surface area (Å²) in [5.74, 6) is 0. The molecular formula is C17H18ClN3. The second-order valence-electron chi connectivity index (χ2n) is 5.21. The van der Waals surface area contributed by atoms with E-state index in [4.69, 9.17) is 16.7 Å². The SMILES string of the molecule is Clc1ccc(C(=NN2CCCCC2)c2cccnc2)cc1. The predicted octanol–water partition coefficient (Wildman–Crippen LogP) is 3.97. The molecule has 3 rings (SSSR count). The molecule has 21 heavy (non-hydrogen) atoms. The van der Waals surface area contributed by atoms with E-state index in [1.165, 1.54) is 19.3 Å². The number of nitrogens with zero attached hydrogens (tertiary/aromatic N) is 3. The molecule has 0 amide bonds. The number of rotatable bonds is 3. The Labute approximate surface area is 130 Å². The smallest absolute Gasteiger partial charge is 0.0991 e. The first kappa shape index (κ1) is 14.1. The Morgan fingerprint density at radius 1 is 1.00 bits per heavy atom. The van der Waals surface area contributed by atoms with Gasteiger partial charge in [0.25, 0.3) is 0 Å². The van der Waals surface area contributed by atoms with Gasteiger partial charge < -0.3 is 0 Å². The zero-order valence-electron chi connectivity index (χ0n) is 11.9. The molecule has 3 nitrogen and oxygen atoms in total. The van der Waals surface area contributed by atoms with E-state index in [1.54, 1.807) is 6.20 Å². The Hall–Kier alpha value is -1.87. The molecule has 1 saturated heterocycles. The van der Waals surface area contributed by atoms with Gasteiger partial charge in [0.15, 0.2) is 0 Å². The molecule has 0 unspecified atom stereocenters. The van der Waals surface area contributed by atoms with E-state index in [-0.39, 0.29) is 0 Å². The third-order valence-corrected chi connectivity index (χ3v) is 3.88. The molecule has 0 aliphatic carbocycles. The fourth-order valence-corrected chi connectivity index (χ4v) is 2.64.